The molecular weight excluding hydrogens is 272 g/mol. The molecule has 1 amide bonds. The standard InChI is InChI=1S/C14H26N4OS/c1-5-6-15-14-17-8-12(20-14)9-18(4)10-13(19)16-7-11(2)3/h8,11H,5-7,9-10H2,1-4H3,(H,15,17)(H,16,19). The maximum absolute atomic E-state index is 11.7. The Balaban J connectivity index is 2.32. The van der Waals surface area contributed by atoms with Gasteiger partial charge in [0.2, 0.25) is 5.91 Å². The third-order valence-corrected chi connectivity index (χ3v) is 3.57. The van der Waals surface area contributed by atoms with Gasteiger partial charge in [-0.25, -0.2) is 4.98 Å². The summed E-state index contributed by atoms with van der Waals surface area (Å²) in [5, 5.41) is 7.16. The maximum Gasteiger partial charge on any atom is 0.234 e. The fourth-order valence-electron chi connectivity index (χ4n) is 1.64. The molecule has 1 aromatic rings. The summed E-state index contributed by atoms with van der Waals surface area (Å²) >= 11 is 1.65. The second kappa shape index (κ2) is 8.92. The van der Waals surface area contributed by atoms with Crippen LogP contribution in [0.5, 0.6) is 0 Å². The molecule has 0 spiro atoms. The first kappa shape index (κ1) is 16.9. The Bertz CT molecular complexity index is 406. The number of nitrogens with zero attached hydrogens (tertiary/aromatic N) is 2. The molecule has 20 heavy (non-hydrogen) atoms. The van der Waals surface area contributed by atoms with Gasteiger partial charge in [-0.3, -0.25) is 9.69 Å². The van der Waals surface area contributed by atoms with Gasteiger partial charge >= 0.3 is 0 Å². The van der Waals surface area contributed by atoms with E-state index in [4.69, 9.17) is 0 Å². The molecule has 0 aliphatic carbocycles. The highest BCUT2D eigenvalue weighted by Crippen LogP contribution is 2.19. The van der Waals surface area contributed by atoms with Crippen molar-refractivity contribution >= 4 is 22.4 Å². The molecule has 0 fully saturated rings. The second-order valence-electron chi connectivity index (χ2n) is 5.43. The monoisotopic (exact) mass is 298 g/mol. The summed E-state index contributed by atoms with van der Waals surface area (Å²) in [7, 11) is 1.95. The zero-order valence-electron chi connectivity index (χ0n) is 12.9. The first-order valence-corrected chi connectivity index (χ1v) is 7.96. The molecule has 0 aliphatic heterocycles. The van der Waals surface area contributed by atoms with Crippen molar-refractivity contribution < 1.29 is 4.79 Å². The minimum atomic E-state index is 0.0787. The normalized spacial score (nSPS) is 11.1. The second-order valence-corrected chi connectivity index (χ2v) is 6.54. The van der Waals surface area contributed by atoms with E-state index in [0.717, 1.165) is 31.2 Å². The molecule has 0 aromatic carbocycles. The van der Waals surface area contributed by atoms with Crippen molar-refractivity contribution in [2.45, 2.75) is 33.7 Å². The number of nitrogens with one attached hydrogen (secondary N) is 2. The van der Waals surface area contributed by atoms with Gasteiger partial charge in [0.15, 0.2) is 5.13 Å². The van der Waals surface area contributed by atoms with E-state index in [1.54, 1.807) is 11.3 Å². The van der Waals surface area contributed by atoms with Crippen molar-refractivity contribution in [3.8, 4) is 0 Å². The fraction of sp³-hybridized carbons (Fsp3) is 0.714. The average molecular weight is 298 g/mol. The van der Waals surface area contributed by atoms with Gasteiger partial charge in [-0.05, 0) is 19.4 Å². The lowest BCUT2D eigenvalue weighted by Crippen LogP contribution is -2.36. The van der Waals surface area contributed by atoms with Crippen LogP contribution in [0.3, 0.4) is 0 Å². The quantitative estimate of drug-likeness (QED) is 0.733. The summed E-state index contributed by atoms with van der Waals surface area (Å²) in [6, 6.07) is 0. The number of carbonyl (C=O) groups is 1. The third-order valence-electron chi connectivity index (χ3n) is 2.63. The zero-order chi connectivity index (χ0) is 15.0. The number of aromatic nitrogens is 1. The summed E-state index contributed by atoms with van der Waals surface area (Å²) < 4.78 is 0. The lowest BCUT2D eigenvalue weighted by atomic mass is 10.2. The van der Waals surface area contributed by atoms with Crippen LogP contribution < -0.4 is 10.6 Å². The summed E-state index contributed by atoms with van der Waals surface area (Å²) in [4.78, 5) is 19.2. The van der Waals surface area contributed by atoms with E-state index >= 15 is 0 Å². The molecule has 114 valence electrons. The van der Waals surface area contributed by atoms with Gasteiger partial charge in [-0.2, -0.15) is 0 Å². The number of likely N-dealkylation sites (N-methyl/N-ethyl adjacent to an activating group) is 1. The predicted molar refractivity (Wildman–Crippen MR) is 85.1 cm³/mol. The summed E-state index contributed by atoms with van der Waals surface area (Å²) in [5.74, 6) is 0.563. The van der Waals surface area contributed by atoms with Crippen molar-refractivity contribution in [2.24, 2.45) is 5.92 Å². The van der Waals surface area contributed by atoms with Crippen LogP contribution in [0, 0.1) is 5.92 Å². The van der Waals surface area contributed by atoms with Crippen molar-refractivity contribution in [1.82, 2.24) is 15.2 Å². The van der Waals surface area contributed by atoms with E-state index in [1.165, 1.54) is 4.88 Å². The molecule has 1 heterocycles. The third kappa shape index (κ3) is 6.86. The van der Waals surface area contributed by atoms with Crippen molar-refractivity contribution in [1.29, 1.82) is 0 Å². The molecule has 2 N–H and O–H groups in total. The molecule has 1 rings (SSSR count). The fourth-order valence-corrected chi connectivity index (χ4v) is 2.55. The number of thiazole rings is 1. The molecule has 0 saturated heterocycles. The summed E-state index contributed by atoms with van der Waals surface area (Å²) in [6.07, 6.45) is 2.97. The van der Waals surface area contributed by atoms with E-state index in [1.807, 2.05) is 18.1 Å². The highest BCUT2D eigenvalue weighted by atomic mass is 32.1. The number of rotatable bonds is 9. The predicted octanol–water partition coefficient (Wildman–Crippen LogP) is 2.17. The maximum atomic E-state index is 11.7. The number of anilines is 1. The van der Waals surface area contributed by atoms with Crippen LogP contribution in [0.25, 0.3) is 0 Å². The number of carbonyl (C=O) groups excluding carboxylic acids is 1. The van der Waals surface area contributed by atoms with Gasteiger partial charge in [0, 0.05) is 30.7 Å². The zero-order valence-corrected chi connectivity index (χ0v) is 13.7. The van der Waals surface area contributed by atoms with Gasteiger partial charge in [-0.1, -0.05) is 20.8 Å². The van der Waals surface area contributed by atoms with E-state index < -0.39 is 0 Å². The van der Waals surface area contributed by atoms with Gasteiger partial charge in [0.05, 0.1) is 6.54 Å². The number of hydrogen-bond acceptors (Lipinski definition) is 5. The number of amides is 1. The molecule has 0 radical (unpaired) electrons. The lowest BCUT2D eigenvalue weighted by molar-refractivity contribution is -0.122. The van der Waals surface area contributed by atoms with Gasteiger partial charge < -0.3 is 10.6 Å². The summed E-state index contributed by atoms with van der Waals surface area (Å²) in [5.41, 5.74) is 0. The molecule has 5 nitrogen and oxygen atoms in total. The average Bonchev–Trinajstić information content (AvgIpc) is 2.81. The molecule has 0 aliphatic rings. The smallest absolute Gasteiger partial charge is 0.234 e. The Kier molecular flexibility index (Phi) is 7.54. The van der Waals surface area contributed by atoms with Gasteiger partial charge in [0.1, 0.15) is 0 Å². The highest BCUT2D eigenvalue weighted by molar-refractivity contribution is 7.15. The molecule has 0 atom stereocenters. The van der Waals surface area contributed by atoms with Gasteiger partial charge in [0.25, 0.3) is 0 Å². The van der Waals surface area contributed by atoms with Crippen molar-refractivity contribution in [3.05, 3.63) is 11.1 Å². The van der Waals surface area contributed by atoms with Crippen molar-refractivity contribution in [2.75, 3.05) is 32.0 Å². The topological polar surface area (TPSA) is 57.3 Å². The Morgan fingerprint density at radius 1 is 1.50 bits per heavy atom. The van der Waals surface area contributed by atoms with E-state index in [-0.39, 0.29) is 5.91 Å². The largest absolute Gasteiger partial charge is 0.362 e. The Morgan fingerprint density at radius 2 is 2.25 bits per heavy atom. The van der Waals surface area contributed by atoms with E-state index in [0.29, 0.717) is 12.5 Å². The molecular formula is C14H26N4OS. The van der Waals surface area contributed by atoms with Crippen LogP contribution in [0.1, 0.15) is 32.1 Å². The minimum absolute atomic E-state index is 0.0787. The van der Waals surface area contributed by atoms with Crippen LogP contribution in [-0.4, -0.2) is 42.5 Å². The molecule has 6 heteroatoms. The molecule has 0 saturated carbocycles. The van der Waals surface area contributed by atoms with Crippen LogP contribution in [0.4, 0.5) is 5.13 Å². The molecule has 1 aromatic heterocycles. The minimum Gasteiger partial charge on any atom is -0.362 e. The Morgan fingerprint density at radius 3 is 2.90 bits per heavy atom. The Labute approximate surface area is 125 Å². The lowest BCUT2D eigenvalue weighted by Gasteiger charge is -2.15. The molecule has 0 bridgehead atoms. The van der Waals surface area contributed by atoms with E-state index in [2.05, 4.69) is 36.4 Å². The molecule has 0 unspecified atom stereocenters. The van der Waals surface area contributed by atoms with Crippen LogP contribution in [-0.2, 0) is 11.3 Å². The number of hydrogen-bond donors (Lipinski definition) is 2. The highest BCUT2D eigenvalue weighted by Gasteiger charge is 2.09. The summed E-state index contributed by atoms with van der Waals surface area (Å²) in [6.45, 7) is 9.16. The SMILES string of the molecule is CCCNc1ncc(CN(C)CC(=O)NCC(C)C)s1. The first-order chi connectivity index (χ1) is 9.51. The van der Waals surface area contributed by atoms with Crippen LogP contribution in [0.2, 0.25) is 0 Å². The van der Waals surface area contributed by atoms with Gasteiger partial charge in [-0.15, -0.1) is 11.3 Å². The Hall–Kier alpha value is -1.14. The van der Waals surface area contributed by atoms with Crippen molar-refractivity contribution in [3.63, 3.8) is 0 Å². The van der Waals surface area contributed by atoms with E-state index in [9.17, 15) is 4.79 Å². The van der Waals surface area contributed by atoms with Crippen LogP contribution in [0.15, 0.2) is 6.20 Å². The first-order valence-electron chi connectivity index (χ1n) is 7.15. The van der Waals surface area contributed by atoms with Crippen LogP contribution >= 0.6 is 11.3 Å².